The lowest BCUT2D eigenvalue weighted by Crippen LogP contribution is -2.23. The number of amides is 1. The predicted molar refractivity (Wildman–Crippen MR) is 121 cm³/mol. The van der Waals surface area contributed by atoms with Gasteiger partial charge in [-0.15, -0.1) is 0 Å². The van der Waals surface area contributed by atoms with E-state index < -0.39 is 0 Å². The maximum absolute atomic E-state index is 13.2. The fourth-order valence-corrected chi connectivity index (χ4v) is 4.38. The highest BCUT2D eigenvalue weighted by molar-refractivity contribution is 7.22. The van der Waals surface area contributed by atoms with Crippen molar-refractivity contribution in [3.63, 3.8) is 0 Å². The second-order valence-electron chi connectivity index (χ2n) is 7.25. The van der Waals surface area contributed by atoms with Crippen molar-refractivity contribution in [1.82, 2.24) is 24.3 Å². The molecule has 2 aromatic carbocycles. The van der Waals surface area contributed by atoms with Gasteiger partial charge in [0.15, 0.2) is 10.8 Å². The number of nitrogens with one attached hydrogen (secondary N) is 1. The molecular weight excluding hydrogens is 431 g/mol. The zero-order valence-corrected chi connectivity index (χ0v) is 17.8. The molecule has 0 aliphatic rings. The predicted octanol–water partition coefficient (Wildman–Crippen LogP) is 3.67. The van der Waals surface area contributed by atoms with Crippen molar-refractivity contribution >= 4 is 43.6 Å². The number of fused-ring (bicyclic) bond motifs is 2. The number of thiazole rings is 1. The maximum Gasteiger partial charge on any atom is 0.264 e. The van der Waals surface area contributed by atoms with Crippen molar-refractivity contribution in [3.05, 3.63) is 76.7 Å². The van der Waals surface area contributed by atoms with Crippen LogP contribution in [0.5, 0.6) is 0 Å². The van der Waals surface area contributed by atoms with Crippen LogP contribution in [0.2, 0.25) is 0 Å². The number of aromatic nitrogens is 5. The summed E-state index contributed by atoms with van der Waals surface area (Å²) in [5.74, 6) is -0.601. The molecule has 0 saturated carbocycles. The van der Waals surface area contributed by atoms with Gasteiger partial charge in [0, 0.05) is 13.0 Å². The van der Waals surface area contributed by atoms with Crippen LogP contribution in [-0.4, -0.2) is 30.2 Å². The number of benzene rings is 2. The molecule has 0 aliphatic carbocycles. The number of aryl methyl sites for hydroxylation is 2. The van der Waals surface area contributed by atoms with Crippen LogP contribution >= 0.6 is 11.3 Å². The van der Waals surface area contributed by atoms with Crippen LogP contribution in [0.3, 0.4) is 0 Å². The van der Waals surface area contributed by atoms with Gasteiger partial charge in [-0.2, -0.15) is 5.10 Å². The Morgan fingerprint density at radius 3 is 2.78 bits per heavy atom. The van der Waals surface area contributed by atoms with Gasteiger partial charge < -0.3 is 5.32 Å². The van der Waals surface area contributed by atoms with Gasteiger partial charge in [0.2, 0.25) is 5.91 Å². The van der Waals surface area contributed by atoms with Crippen molar-refractivity contribution in [2.45, 2.75) is 19.9 Å². The quantitative estimate of drug-likeness (QED) is 0.443. The topological polar surface area (TPSA) is 94.7 Å². The number of halogens is 1. The number of carbonyl (C=O) groups is 1. The molecular formula is C22H17FN6O2S. The van der Waals surface area contributed by atoms with Crippen LogP contribution < -0.4 is 10.9 Å². The van der Waals surface area contributed by atoms with E-state index >= 15 is 0 Å². The third kappa shape index (κ3) is 3.65. The molecule has 8 nitrogen and oxygen atoms in total. The summed E-state index contributed by atoms with van der Waals surface area (Å²) in [6, 6.07) is 11.6. The summed E-state index contributed by atoms with van der Waals surface area (Å²) in [6.45, 7) is 2.14. The molecule has 1 amide bonds. The number of nitrogens with zero attached hydrogens (tertiary/aromatic N) is 5. The zero-order valence-electron chi connectivity index (χ0n) is 16.9. The molecule has 0 unspecified atom stereocenters. The number of rotatable bonds is 5. The third-order valence-electron chi connectivity index (χ3n) is 5.07. The molecule has 1 N–H and O–H groups in total. The van der Waals surface area contributed by atoms with Gasteiger partial charge in [-0.05, 0) is 42.8 Å². The molecule has 10 heteroatoms. The Bertz CT molecular complexity index is 1520. The summed E-state index contributed by atoms with van der Waals surface area (Å²) in [7, 11) is 0. The van der Waals surface area contributed by atoms with E-state index in [1.165, 1.54) is 45.2 Å². The highest BCUT2D eigenvalue weighted by atomic mass is 32.1. The highest BCUT2D eigenvalue weighted by Crippen LogP contribution is 2.27. The summed E-state index contributed by atoms with van der Waals surface area (Å²) in [5.41, 5.74) is 2.58. The molecule has 5 aromatic rings. The van der Waals surface area contributed by atoms with Crippen LogP contribution in [-0.2, 0) is 11.3 Å². The molecule has 0 spiro atoms. The first-order valence-corrected chi connectivity index (χ1v) is 10.7. The van der Waals surface area contributed by atoms with Gasteiger partial charge in [0.05, 0.1) is 28.4 Å². The Morgan fingerprint density at radius 2 is 2.00 bits per heavy atom. The van der Waals surface area contributed by atoms with Crippen molar-refractivity contribution in [3.8, 4) is 5.69 Å². The average molecular weight is 448 g/mol. The lowest BCUT2D eigenvalue weighted by Gasteiger charge is -2.06. The van der Waals surface area contributed by atoms with Gasteiger partial charge in [-0.1, -0.05) is 23.5 Å². The van der Waals surface area contributed by atoms with Gasteiger partial charge in [0.25, 0.3) is 5.56 Å². The molecule has 3 heterocycles. The number of hydrogen-bond acceptors (Lipinski definition) is 6. The minimum Gasteiger partial charge on any atom is -0.302 e. The van der Waals surface area contributed by atoms with E-state index in [1.54, 1.807) is 12.1 Å². The van der Waals surface area contributed by atoms with E-state index in [0.717, 1.165) is 15.8 Å². The fraction of sp³-hybridized carbons (Fsp3) is 0.136. The largest absolute Gasteiger partial charge is 0.302 e. The normalized spacial score (nSPS) is 11.3. The SMILES string of the molecule is Cc1cccc2sc(NC(=O)CCn3cnc4c(cnn4-c4ccc(F)cc4)c3=O)nc12. The van der Waals surface area contributed by atoms with Gasteiger partial charge in [-0.3, -0.25) is 14.2 Å². The smallest absolute Gasteiger partial charge is 0.264 e. The minimum atomic E-state index is -0.361. The molecule has 0 radical (unpaired) electrons. The lowest BCUT2D eigenvalue weighted by atomic mass is 10.2. The van der Waals surface area contributed by atoms with E-state index in [1.807, 2.05) is 25.1 Å². The third-order valence-corrected chi connectivity index (χ3v) is 6.01. The van der Waals surface area contributed by atoms with Crippen LogP contribution in [0.1, 0.15) is 12.0 Å². The number of para-hydroxylation sites is 1. The Kier molecular flexibility index (Phi) is 4.98. The van der Waals surface area contributed by atoms with Crippen LogP contribution in [0.15, 0.2) is 59.8 Å². The molecule has 3 aromatic heterocycles. The van der Waals surface area contributed by atoms with Crippen molar-refractivity contribution in [2.24, 2.45) is 0 Å². The molecule has 0 saturated heterocycles. The second kappa shape index (κ2) is 7.97. The molecule has 5 rings (SSSR count). The van der Waals surface area contributed by atoms with E-state index in [4.69, 9.17) is 0 Å². The average Bonchev–Trinajstić information content (AvgIpc) is 3.39. The van der Waals surface area contributed by atoms with Crippen LogP contribution in [0, 0.1) is 12.7 Å². The Morgan fingerprint density at radius 1 is 1.19 bits per heavy atom. The summed E-state index contributed by atoms with van der Waals surface area (Å²) in [6.07, 6.45) is 2.91. The molecule has 0 fully saturated rings. The summed E-state index contributed by atoms with van der Waals surface area (Å²) < 4.78 is 17.0. The molecule has 32 heavy (non-hydrogen) atoms. The van der Waals surface area contributed by atoms with Gasteiger partial charge in [-0.25, -0.2) is 19.0 Å². The Labute approximate surface area is 185 Å². The first-order valence-electron chi connectivity index (χ1n) is 9.85. The van der Waals surface area contributed by atoms with E-state index in [-0.39, 0.29) is 30.2 Å². The first kappa shape index (κ1) is 20.0. The van der Waals surface area contributed by atoms with Crippen LogP contribution in [0.4, 0.5) is 9.52 Å². The summed E-state index contributed by atoms with van der Waals surface area (Å²) >= 11 is 1.41. The monoisotopic (exact) mass is 448 g/mol. The van der Waals surface area contributed by atoms with E-state index in [9.17, 15) is 14.0 Å². The van der Waals surface area contributed by atoms with Crippen molar-refractivity contribution < 1.29 is 9.18 Å². The van der Waals surface area contributed by atoms with Crippen molar-refractivity contribution in [1.29, 1.82) is 0 Å². The fourth-order valence-electron chi connectivity index (χ4n) is 3.42. The van der Waals surface area contributed by atoms with E-state index in [2.05, 4.69) is 20.4 Å². The molecule has 0 bridgehead atoms. The Hall–Kier alpha value is -3.92. The highest BCUT2D eigenvalue weighted by Gasteiger charge is 2.13. The summed E-state index contributed by atoms with van der Waals surface area (Å²) in [5, 5.41) is 7.86. The lowest BCUT2D eigenvalue weighted by molar-refractivity contribution is -0.116. The van der Waals surface area contributed by atoms with Gasteiger partial charge in [0.1, 0.15) is 11.2 Å². The zero-order chi connectivity index (χ0) is 22.2. The second-order valence-corrected chi connectivity index (χ2v) is 8.28. The molecule has 160 valence electrons. The minimum absolute atomic E-state index is 0.0914. The standard InChI is InChI=1S/C22H17FN6O2S/c1-13-3-2-4-17-19(13)27-22(32-17)26-18(30)9-10-28-12-24-20-16(21(28)31)11-25-29(20)15-7-5-14(23)6-8-15/h2-8,11-12H,9-10H2,1H3,(H,26,27,30). The summed E-state index contributed by atoms with van der Waals surface area (Å²) in [4.78, 5) is 34.0. The maximum atomic E-state index is 13.2. The van der Waals surface area contributed by atoms with E-state index in [0.29, 0.717) is 21.9 Å². The first-order chi connectivity index (χ1) is 15.5. The molecule has 0 aliphatic heterocycles. The Balaban J connectivity index is 1.32. The number of hydrogen-bond donors (Lipinski definition) is 1. The number of carbonyl (C=O) groups excluding carboxylic acids is 1. The van der Waals surface area contributed by atoms with Crippen molar-refractivity contribution in [2.75, 3.05) is 5.32 Å². The number of anilines is 1. The van der Waals surface area contributed by atoms with Gasteiger partial charge >= 0.3 is 0 Å². The van der Waals surface area contributed by atoms with Crippen LogP contribution in [0.25, 0.3) is 26.9 Å². The molecule has 0 atom stereocenters.